The topological polar surface area (TPSA) is 277 Å². The zero-order valence-electron chi connectivity index (χ0n) is 9.81. The Labute approximate surface area is 123 Å². The van der Waals surface area contributed by atoms with Gasteiger partial charge in [-0.25, -0.2) is 0 Å². The number of carbonyl (C=O) groups is 6. The number of hydrogen-bond acceptors (Lipinski definition) is 12. The van der Waals surface area contributed by atoms with Crippen molar-refractivity contribution in [3.63, 3.8) is 0 Å². The number of rotatable bonds is 0. The van der Waals surface area contributed by atoms with Gasteiger partial charge in [0.2, 0.25) is 0 Å². The summed E-state index contributed by atoms with van der Waals surface area (Å²) in [5.41, 5.74) is 0. The van der Waals surface area contributed by atoms with Gasteiger partial charge in [0.05, 0.1) is 0 Å². The van der Waals surface area contributed by atoms with Crippen molar-refractivity contribution in [3.05, 3.63) is 0 Å². The predicted octanol–water partition coefficient (Wildman–Crippen LogP) is -9.43. The Kier molecular flexibility index (Phi) is 905. The van der Waals surface area contributed by atoms with Crippen molar-refractivity contribution in [2.75, 3.05) is 0 Å². The summed E-state index contributed by atoms with van der Waals surface area (Å²) in [7, 11) is 0. The van der Waals surface area contributed by atoms with Crippen molar-refractivity contribution in [2.45, 2.75) is 0 Å². The SMILES string of the molecule is O=C[O-].O=C[O-].O=C[O-].O=C[O-].O=C[O-].O=C[O-].[NH4+].[V]. The van der Waals surface area contributed by atoms with Crippen molar-refractivity contribution >= 4 is 38.8 Å². The third-order valence-corrected chi connectivity index (χ3v) is 0. The molecule has 0 spiro atoms. The van der Waals surface area contributed by atoms with E-state index in [2.05, 4.69) is 0 Å². The summed E-state index contributed by atoms with van der Waals surface area (Å²) >= 11 is 0. The van der Waals surface area contributed by atoms with Gasteiger partial charge >= 0.3 is 0 Å². The van der Waals surface area contributed by atoms with Gasteiger partial charge in [0, 0.05) is 57.4 Å². The van der Waals surface area contributed by atoms with E-state index in [1.165, 1.54) is 0 Å². The molecule has 0 bridgehead atoms. The molecule has 121 valence electrons. The minimum atomic E-state index is -0.500. The smallest absolute Gasteiger partial charge is 0.0275 e. The van der Waals surface area contributed by atoms with E-state index in [1.54, 1.807) is 0 Å². The van der Waals surface area contributed by atoms with Gasteiger partial charge in [-0.1, -0.05) is 0 Å². The molecule has 0 saturated heterocycles. The first-order valence-corrected chi connectivity index (χ1v) is 2.83. The fourth-order valence-electron chi connectivity index (χ4n) is 0. The summed E-state index contributed by atoms with van der Waals surface area (Å²) in [5.74, 6) is 0. The molecule has 0 aliphatic carbocycles. The number of hydrogen-bond donors (Lipinski definition) is 1. The second kappa shape index (κ2) is 341. The molecule has 0 aromatic carbocycles. The van der Waals surface area contributed by atoms with Crippen LogP contribution in [0.4, 0.5) is 0 Å². The average Bonchev–Trinajstić information content (AvgIpc) is 2.23. The molecule has 0 aromatic heterocycles. The fourth-order valence-corrected chi connectivity index (χ4v) is 0. The first-order valence-electron chi connectivity index (χ1n) is 2.83. The van der Waals surface area contributed by atoms with E-state index < -0.39 is 38.8 Å². The third-order valence-electron chi connectivity index (χ3n) is 0. The second-order valence-electron chi connectivity index (χ2n) is 0.577. The number of carbonyl (C=O) groups excluding carboxylic acids is 6. The molecule has 0 rings (SSSR count). The van der Waals surface area contributed by atoms with Crippen LogP contribution in [0.5, 0.6) is 0 Å². The van der Waals surface area contributed by atoms with Gasteiger partial charge < -0.3 is 65.6 Å². The first-order chi connectivity index (χ1) is 8.49. The van der Waals surface area contributed by atoms with Crippen LogP contribution >= 0.6 is 0 Å². The first kappa shape index (κ1) is 53.0. The minimum absolute atomic E-state index is 0. The largest absolute Gasteiger partial charge is 0.554 e. The van der Waals surface area contributed by atoms with Crippen LogP contribution < -0.4 is 36.8 Å². The molecule has 14 heteroatoms. The summed E-state index contributed by atoms with van der Waals surface area (Å²) in [4.78, 5) is 49.5. The van der Waals surface area contributed by atoms with Crippen LogP contribution in [0.25, 0.3) is 0 Å². The van der Waals surface area contributed by atoms with Crippen molar-refractivity contribution in [1.29, 1.82) is 0 Å². The monoisotopic (exact) mass is 339 g/mol. The van der Waals surface area contributed by atoms with E-state index >= 15 is 0 Å². The molecule has 0 unspecified atom stereocenters. The van der Waals surface area contributed by atoms with Gasteiger partial charge in [0.25, 0.3) is 0 Å². The normalized spacial score (nSPS) is 3.60. The molecule has 0 amide bonds. The Bertz CT molecular complexity index is 119. The van der Waals surface area contributed by atoms with Crippen molar-refractivity contribution in [3.8, 4) is 0 Å². The fraction of sp³-hybridized carbons (Fsp3) is 0. The maximum atomic E-state index is 8.25. The van der Waals surface area contributed by atoms with Crippen molar-refractivity contribution in [2.24, 2.45) is 0 Å². The maximum Gasteiger partial charge on any atom is 0.0275 e. The number of quaternary nitrogens is 1. The Balaban J connectivity index is -0.0000000141. The van der Waals surface area contributed by atoms with Gasteiger partial charge in [0.1, 0.15) is 0 Å². The van der Waals surface area contributed by atoms with E-state index in [9.17, 15) is 0 Å². The summed E-state index contributed by atoms with van der Waals surface area (Å²) in [6.45, 7) is -3.00. The van der Waals surface area contributed by atoms with Gasteiger partial charge in [-0.15, -0.1) is 0 Å². The van der Waals surface area contributed by atoms with Gasteiger partial charge in [-0.2, -0.15) is 0 Å². The molecule has 1 radical (unpaired) electrons. The quantitative estimate of drug-likeness (QED) is 0.402. The average molecular weight is 339 g/mol. The van der Waals surface area contributed by atoms with Gasteiger partial charge in [0.15, 0.2) is 0 Å². The third kappa shape index (κ3) is 456. The van der Waals surface area contributed by atoms with Crippen LogP contribution in [0.15, 0.2) is 0 Å². The standard InChI is InChI=1S/6CH2O2.H3N.V/c6*2-1-3;;/h6*1H,(H,2,3);1H3;/p-5. The zero-order valence-corrected chi connectivity index (χ0v) is 11.2. The van der Waals surface area contributed by atoms with Crippen molar-refractivity contribution < 1.29 is 78.0 Å². The predicted molar refractivity (Wildman–Crippen MR) is 42.4 cm³/mol. The molecule has 4 N–H and O–H groups in total. The molecule has 0 fully saturated rings. The molecule has 0 aliphatic heterocycles. The molecule has 0 saturated carbocycles. The minimum Gasteiger partial charge on any atom is -0.554 e. The van der Waals surface area contributed by atoms with Crippen LogP contribution in [-0.4, -0.2) is 38.8 Å². The van der Waals surface area contributed by atoms with E-state index in [0.29, 0.717) is 0 Å². The molecule has 13 nitrogen and oxygen atoms in total. The van der Waals surface area contributed by atoms with Crippen LogP contribution in [-0.2, 0) is 47.3 Å². The second-order valence-corrected chi connectivity index (χ2v) is 0.577. The molecular formula is C6H10NO12V-5. The van der Waals surface area contributed by atoms with E-state index in [4.69, 9.17) is 59.4 Å². The Morgan fingerprint density at radius 1 is 0.400 bits per heavy atom. The summed E-state index contributed by atoms with van der Waals surface area (Å²) in [6, 6.07) is 0. The Hall–Kier alpha value is -2.64. The summed E-state index contributed by atoms with van der Waals surface area (Å²) < 4.78 is 0. The summed E-state index contributed by atoms with van der Waals surface area (Å²) in [6.07, 6.45) is 0. The molecule has 20 heavy (non-hydrogen) atoms. The Morgan fingerprint density at radius 2 is 0.400 bits per heavy atom. The molecular weight excluding hydrogens is 329 g/mol. The molecule has 0 aromatic rings. The molecule has 0 heterocycles. The van der Waals surface area contributed by atoms with E-state index in [1.807, 2.05) is 0 Å². The zero-order chi connectivity index (χ0) is 16.2. The maximum absolute atomic E-state index is 8.25. The van der Waals surface area contributed by atoms with Crippen LogP contribution in [0.2, 0.25) is 0 Å². The van der Waals surface area contributed by atoms with Crippen LogP contribution in [0.1, 0.15) is 0 Å². The van der Waals surface area contributed by atoms with E-state index in [-0.39, 0.29) is 24.7 Å². The number of carboxylic acid groups (broad SMARTS) is 6. The van der Waals surface area contributed by atoms with Crippen LogP contribution in [0.3, 0.4) is 0 Å². The molecule has 0 atom stereocenters. The summed E-state index contributed by atoms with van der Waals surface area (Å²) in [5, 5.41) is 49.5. The van der Waals surface area contributed by atoms with Crippen molar-refractivity contribution in [1.82, 2.24) is 6.15 Å². The Morgan fingerprint density at radius 3 is 0.400 bits per heavy atom. The van der Waals surface area contributed by atoms with Gasteiger partial charge in [-0.05, 0) is 0 Å². The van der Waals surface area contributed by atoms with Gasteiger partial charge in [-0.3, -0.25) is 0 Å². The van der Waals surface area contributed by atoms with Crippen LogP contribution in [0, 0.1) is 0 Å². The molecule has 0 aliphatic rings. The van der Waals surface area contributed by atoms with E-state index in [0.717, 1.165) is 0 Å².